The molecule has 25 nitrogen and oxygen atoms in total. The average Bonchev–Trinajstić information content (AvgIpc) is 3.59. The Hall–Kier alpha value is -6.87. The summed E-state index contributed by atoms with van der Waals surface area (Å²) in [6, 6.07) is 20.6. The summed E-state index contributed by atoms with van der Waals surface area (Å²) in [7, 11) is -13.0. The molecule has 0 atom stereocenters. The van der Waals surface area contributed by atoms with Crippen LogP contribution < -0.4 is 4.74 Å². The van der Waals surface area contributed by atoms with Gasteiger partial charge >= 0.3 is 0 Å². The molecule has 0 fully saturated rings. The van der Waals surface area contributed by atoms with E-state index in [1.807, 2.05) is 0 Å². The molecule has 1 aromatic heterocycles. The van der Waals surface area contributed by atoms with Gasteiger partial charge < -0.3 is 14.9 Å². The fourth-order valence-corrected chi connectivity index (χ4v) is 8.52. The van der Waals surface area contributed by atoms with Gasteiger partial charge in [0.1, 0.15) is 39.2 Å². The van der Waals surface area contributed by atoms with Crippen molar-refractivity contribution in [2.45, 2.75) is 26.2 Å². The minimum Gasteiger partial charge on any atom is -0.505 e. The molecule has 342 valence electrons. The smallest absolute Gasteiger partial charge is 0.296 e. The zero-order valence-corrected chi connectivity index (χ0v) is 36.1. The standard InChI is InChI=1S/C37H28N8O17S4/c1-59-31-16-23(39-38-21-4-2-19-12-25(63-62-61-49)17-32(27(19)14-21)65(53,54)55)6-11-29(31)41-43-35-33(66(56,57)58)13-20-3-5-22(15-28(20)36(35)46)40-42-34-30(18-60-48)44-45(37(34)47)24-7-9-26(10-8-24)64(50,51)52/h2-17,46-49H,18H2,1H3,(H,50,51,52)(H,53,54,55)(H,56,57,58). The molecular formula is C37H28N8O17S4. The van der Waals surface area contributed by atoms with Crippen molar-refractivity contribution in [2.24, 2.45) is 30.7 Å². The van der Waals surface area contributed by atoms with Crippen LogP contribution in [0, 0.1) is 0 Å². The largest absolute Gasteiger partial charge is 0.505 e. The summed E-state index contributed by atoms with van der Waals surface area (Å²) in [6.07, 6.45) is 0. The van der Waals surface area contributed by atoms with Gasteiger partial charge in [-0.3, -0.25) is 18.9 Å². The van der Waals surface area contributed by atoms with Crippen LogP contribution in [0.15, 0.2) is 147 Å². The van der Waals surface area contributed by atoms with E-state index < -0.39 is 69.0 Å². The number of azo groups is 3. The molecule has 7 N–H and O–H groups in total. The Morgan fingerprint density at radius 1 is 0.636 bits per heavy atom. The van der Waals surface area contributed by atoms with Crippen LogP contribution in [0.25, 0.3) is 27.2 Å². The zero-order valence-electron chi connectivity index (χ0n) is 32.9. The first kappa shape index (κ1) is 47.1. The number of ether oxygens (including phenoxy) is 1. The van der Waals surface area contributed by atoms with Gasteiger partial charge in [0.2, 0.25) is 5.88 Å². The predicted molar refractivity (Wildman–Crippen MR) is 228 cm³/mol. The van der Waals surface area contributed by atoms with Crippen LogP contribution in [0.3, 0.4) is 0 Å². The second-order valence-electron chi connectivity index (χ2n) is 13.2. The molecule has 0 saturated heterocycles. The van der Waals surface area contributed by atoms with E-state index in [0.29, 0.717) is 17.4 Å². The molecule has 0 radical (unpaired) electrons. The van der Waals surface area contributed by atoms with Gasteiger partial charge in [0, 0.05) is 21.7 Å². The number of aromatic hydroxyl groups is 2. The highest BCUT2D eigenvalue weighted by molar-refractivity contribution is 7.94. The molecule has 0 aliphatic heterocycles. The number of methoxy groups -OCH3 is 1. The first-order valence-electron chi connectivity index (χ1n) is 17.8. The third kappa shape index (κ3) is 10.3. The first-order valence-corrected chi connectivity index (χ1v) is 22.9. The summed E-state index contributed by atoms with van der Waals surface area (Å²) in [4.78, 5) is 2.62. The van der Waals surface area contributed by atoms with E-state index in [1.54, 1.807) is 0 Å². The van der Waals surface area contributed by atoms with E-state index in [-0.39, 0.29) is 66.6 Å². The highest BCUT2D eigenvalue weighted by Gasteiger charge is 2.24. The Balaban J connectivity index is 1.19. The Morgan fingerprint density at radius 2 is 1.23 bits per heavy atom. The van der Waals surface area contributed by atoms with Gasteiger partial charge in [-0.15, -0.1) is 19.7 Å². The molecule has 0 unspecified atom stereocenters. The maximum Gasteiger partial charge on any atom is 0.296 e. The van der Waals surface area contributed by atoms with Crippen LogP contribution in [0.1, 0.15) is 5.69 Å². The number of phenolic OH excluding ortho intramolecular Hbond substituents is 1. The number of hydrogen-bond acceptors (Lipinski definition) is 22. The summed E-state index contributed by atoms with van der Waals surface area (Å²) in [5, 5.41) is 72.4. The van der Waals surface area contributed by atoms with Gasteiger partial charge in [0.05, 0.1) is 46.8 Å². The minimum absolute atomic E-state index is 0.00933. The van der Waals surface area contributed by atoms with Crippen LogP contribution >= 0.6 is 12.0 Å². The Morgan fingerprint density at radius 3 is 1.83 bits per heavy atom. The maximum atomic E-state index is 12.5. The molecule has 0 aliphatic carbocycles. The van der Waals surface area contributed by atoms with Crippen molar-refractivity contribution in [3.8, 4) is 23.1 Å². The van der Waals surface area contributed by atoms with E-state index in [2.05, 4.69) is 50.0 Å². The molecule has 1 heterocycles. The molecule has 0 spiro atoms. The molecule has 7 aromatic rings. The Bertz CT molecular complexity index is 3480. The zero-order chi connectivity index (χ0) is 47.6. The summed E-state index contributed by atoms with van der Waals surface area (Å²) >= 11 is 0.486. The van der Waals surface area contributed by atoms with Gasteiger partial charge in [-0.05, 0) is 89.6 Å². The van der Waals surface area contributed by atoms with Gasteiger partial charge in [0.25, 0.3) is 30.4 Å². The van der Waals surface area contributed by atoms with Crippen LogP contribution in [0.4, 0.5) is 34.1 Å². The number of phenols is 1. The molecule has 6 aromatic carbocycles. The van der Waals surface area contributed by atoms with Crippen molar-refractivity contribution in [2.75, 3.05) is 7.11 Å². The minimum atomic E-state index is -5.03. The Kier molecular flexibility index (Phi) is 13.5. The number of aromatic nitrogens is 2. The third-order valence-corrected chi connectivity index (χ3v) is 12.3. The third-order valence-electron chi connectivity index (χ3n) is 9.08. The predicted octanol–water partition coefficient (Wildman–Crippen LogP) is 9.00. The second-order valence-corrected chi connectivity index (χ2v) is 18.2. The molecule has 0 amide bonds. The van der Waals surface area contributed by atoms with Gasteiger partial charge in [-0.1, -0.05) is 17.2 Å². The maximum absolute atomic E-state index is 12.5. The number of hydrogen-bond donors (Lipinski definition) is 7. The summed E-state index contributed by atoms with van der Waals surface area (Å²) < 4.78 is 112. The molecular weight excluding hydrogens is 957 g/mol. The number of benzene rings is 6. The molecule has 0 saturated carbocycles. The normalized spacial score (nSPS) is 12.7. The Labute approximate surface area is 374 Å². The monoisotopic (exact) mass is 984 g/mol. The van der Waals surface area contributed by atoms with Gasteiger partial charge in [-0.25, -0.2) is 10.1 Å². The molecule has 7 rings (SSSR count). The van der Waals surface area contributed by atoms with Gasteiger partial charge in [-0.2, -0.15) is 50.4 Å². The van der Waals surface area contributed by atoms with Crippen molar-refractivity contribution >= 4 is 98.1 Å². The fourth-order valence-electron chi connectivity index (χ4n) is 6.13. The summed E-state index contributed by atoms with van der Waals surface area (Å²) in [6.45, 7) is -0.586. The topological polar surface area (TPSA) is 373 Å². The lowest BCUT2D eigenvalue weighted by Crippen LogP contribution is -2.01. The SMILES string of the molecule is COc1cc(N=Nc2ccc3cc(SOOO)cc(S(=O)(=O)O)c3c2)ccc1N=Nc1c(S(=O)(=O)O)cc2ccc(N=Nc3c(COO)nn(-c4ccc(S(=O)(=O)O)cc4)c3O)cc2c1O. The van der Waals surface area contributed by atoms with E-state index in [1.165, 1.54) is 79.9 Å². The fraction of sp³-hybridized carbons (Fsp3) is 0.0541. The van der Waals surface area contributed by atoms with E-state index in [9.17, 15) is 49.1 Å². The summed E-state index contributed by atoms with van der Waals surface area (Å²) in [5.41, 5.74) is -0.644. The second kappa shape index (κ2) is 18.9. The van der Waals surface area contributed by atoms with Crippen molar-refractivity contribution in [3.05, 3.63) is 103 Å². The van der Waals surface area contributed by atoms with Crippen molar-refractivity contribution in [1.82, 2.24) is 9.78 Å². The lowest BCUT2D eigenvalue weighted by molar-refractivity contribution is -0.432. The van der Waals surface area contributed by atoms with E-state index >= 15 is 0 Å². The van der Waals surface area contributed by atoms with Crippen molar-refractivity contribution in [1.29, 1.82) is 0 Å². The number of nitrogens with zero attached hydrogens (tertiary/aromatic N) is 8. The van der Waals surface area contributed by atoms with Crippen molar-refractivity contribution in [3.63, 3.8) is 0 Å². The summed E-state index contributed by atoms with van der Waals surface area (Å²) in [5.74, 6) is -1.36. The highest BCUT2D eigenvalue weighted by atomic mass is 32.2. The van der Waals surface area contributed by atoms with Crippen molar-refractivity contribution < 1.29 is 78.6 Å². The first-order chi connectivity index (χ1) is 31.3. The van der Waals surface area contributed by atoms with Crippen LogP contribution in [-0.2, 0) is 51.2 Å². The van der Waals surface area contributed by atoms with Crippen LogP contribution in [0.2, 0.25) is 0 Å². The average molecular weight is 985 g/mol. The molecule has 0 aliphatic rings. The highest BCUT2D eigenvalue weighted by Crippen LogP contribution is 2.44. The number of rotatable bonds is 16. The molecule has 0 bridgehead atoms. The number of fused-ring (bicyclic) bond motifs is 2. The quantitative estimate of drug-likeness (QED) is 0.0156. The van der Waals surface area contributed by atoms with Crippen LogP contribution in [-0.4, -0.2) is 76.5 Å². The van der Waals surface area contributed by atoms with Crippen LogP contribution in [0.5, 0.6) is 17.4 Å². The molecule has 66 heavy (non-hydrogen) atoms. The molecule has 29 heteroatoms. The lowest BCUT2D eigenvalue weighted by atomic mass is 10.1. The van der Waals surface area contributed by atoms with E-state index in [4.69, 9.17) is 15.3 Å². The van der Waals surface area contributed by atoms with Gasteiger partial charge in [0.15, 0.2) is 11.4 Å². The lowest BCUT2D eigenvalue weighted by Gasteiger charge is -2.10. The van der Waals surface area contributed by atoms with E-state index in [0.717, 1.165) is 28.9 Å².